The molecule has 0 amide bonds. The van der Waals surface area contributed by atoms with Crippen molar-refractivity contribution in [3.8, 4) is 58.0 Å². The maximum absolute atomic E-state index is 10.2. The van der Waals surface area contributed by atoms with Crippen molar-refractivity contribution in [3.63, 3.8) is 0 Å². The summed E-state index contributed by atoms with van der Waals surface area (Å²) in [5, 5.41) is 63.6. The number of aromatic amines is 2. The normalized spacial score (nSPS) is 10.7. The molecule has 48 heavy (non-hydrogen) atoms. The van der Waals surface area contributed by atoms with Gasteiger partial charge in [-0.05, 0) is 36.6 Å². The van der Waals surface area contributed by atoms with Crippen LogP contribution in [0.15, 0.2) is 48.5 Å². The number of ether oxygens (including phenoxy) is 2. The average molecular weight is 671 g/mol. The van der Waals surface area contributed by atoms with E-state index in [1.54, 1.807) is 71.8 Å². The first-order valence-corrected chi connectivity index (χ1v) is 14.9. The van der Waals surface area contributed by atoms with Crippen LogP contribution in [0.4, 0.5) is 0 Å². The molecule has 0 spiro atoms. The lowest BCUT2D eigenvalue weighted by molar-refractivity contribution is 0.218. The maximum atomic E-state index is 10.2. The predicted octanol–water partition coefficient (Wildman–Crippen LogP) is 4.22. The zero-order chi connectivity index (χ0) is 34.3. The van der Waals surface area contributed by atoms with Crippen LogP contribution in [0.2, 0.25) is 0 Å². The van der Waals surface area contributed by atoms with Gasteiger partial charge >= 0.3 is 0 Å². The number of aromatic nitrogens is 6. The number of hydrogen-bond acceptors (Lipinski definition) is 10. The van der Waals surface area contributed by atoms with Crippen LogP contribution in [-0.2, 0) is 14.1 Å². The van der Waals surface area contributed by atoms with Crippen LogP contribution in [0.3, 0.4) is 0 Å². The van der Waals surface area contributed by atoms with Gasteiger partial charge in [-0.1, -0.05) is 36.4 Å². The minimum absolute atomic E-state index is 0.0228. The summed E-state index contributed by atoms with van der Waals surface area (Å²) in [6, 6.07) is 22.2. The molecule has 234 valence electrons. The van der Waals surface area contributed by atoms with Crippen LogP contribution in [0.25, 0.3) is 33.5 Å². The van der Waals surface area contributed by atoms with Gasteiger partial charge in [0.25, 0.3) is 0 Å². The molecule has 0 bridgehead atoms. The van der Waals surface area contributed by atoms with Gasteiger partial charge in [0, 0.05) is 36.3 Å². The van der Waals surface area contributed by atoms with E-state index in [2.05, 4.69) is 34.5 Å². The highest BCUT2D eigenvalue weighted by atomic mass is 32.1. The summed E-state index contributed by atoms with van der Waals surface area (Å²) in [5.41, 5.74) is 1.88. The van der Waals surface area contributed by atoms with Gasteiger partial charge in [0.1, 0.15) is 71.2 Å². The molecule has 0 saturated heterocycles. The third-order valence-electron chi connectivity index (χ3n) is 7.81. The minimum Gasteiger partial charge on any atom is -0.489 e. The standard InChI is InChI=1S/C32H22N12O2S2/c1-41-29-21(15-35)25(19(13-33)27(37)43(29)39-31(41)47)17-7-3-5-9-23(17)45-11-12-46-24-10-6-4-8-18(24)26-20(14-34)28(38)44-30(22(26)16-36)42(2)32(48)40-44/h3-10,37-38H,11-12H2,1-2H3,(H,39,47)(H,40,48). The second kappa shape index (κ2) is 12.2. The van der Waals surface area contributed by atoms with Crippen LogP contribution in [0.5, 0.6) is 11.5 Å². The molecule has 0 radical (unpaired) electrons. The first kappa shape index (κ1) is 31.3. The van der Waals surface area contributed by atoms with Gasteiger partial charge in [0.15, 0.2) is 31.8 Å². The van der Waals surface area contributed by atoms with E-state index in [0.717, 1.165) is 0 Å². The highest BCUT2D eigenvalue weighted by molar-refractivity contribution is 7.71. The minimum atomic E-state index is -0.166. The van der Waals surface area contributed by atoms with Gasteiger partial charge in [0.2, 0.25) is 0 Å². The first-order chi connectivity index (χ1) is 23.2. The van der Waals surface area contributed by atoms with Crippen LogP contribution in [-0.4, -0.2) is 41.6 Å². The summed E-state index contributed by atoms with van der Waals surface area (Å²) in [6.45, 7) is 0.0456. The quantitative estimate of drug-likeness (QED) is 0.142. The van der Waals surface area contributed by atoms with E-state index < -0.39 is 0 Å². The van der Waals surface area contributed by atoms with E-state index in [-0.39, 0.29) is 67.1 Å². The van der Waals surface area contributed by atoms with Crippen LogP contribution < -0.4 is 20.4 Å². The Morgan fingerprint density at radius 2 is 0.979 bits per heavy atom. The number of fused-ring (bicyclic) bond motifs is 2. The van der Waals surface area contributed by atoms with Crippen molar-refractivity contribution in [2.45, 2.75) is 0 Å². The molecule has 0 unspecified atom stereocenters. The summed E-state index contributed by atoms with van der Waals surface area (Å²) in [4.78, 5) is 0. The Morgan fingerprint density at radius 3 is 1.33 bits per heavy atom. The van der Waals surface area contributed by atoms with Crippen LogP contribution in [0, 0.1) is 65.7 Å². The number of benzene rings is 2. The van der Waals surface area contributed by atoms with E-state index in [1.807, 2.05) is 0 Å². The van der Waals surface area contributed by atoms with E-state index >= 15 is 0 Å². The van der Waals surface area contributed by atoms with E-state index in [9.17, 15) is 21.0 Å². The fourth-order valence-electron chi connectivity index (χ4n) is 5.63. The first-order valence-electron chi connectivity index (χ1n) is 14.1. The average Bonchev–Trinajstić information content (AvgIpc) is 3.57. The zero-order valence-electron chi connectivity index (χ0n) is 25.2. The molecule has 4 aromatic heterocycles. The second-order valence-corrected chi connectivity index (χ2v) is 11.1. The molecular formula is C32H22N12O2S2. The molecule has 16 heteroatoms. The molecule has 2 aromatic carbocycles. The fraction of sp³-hybridized carbons (Fsp3) is 0.125. The molecule has 0 atom stereocenters. The molecule has 0 fully saturated rings. The molecule has 0 aliphatic carbocycles. The zero-order valence-corrected chi connectivity index (χ0v) is 26.9. The van der Waals surface area contributed by atoms with Gasteiger partial charge in [-0.3, -0.25) is 21.0 Å². The van der Waals surface area contributed by atoms with Gasteiger partial charge in [-0.2, -0.15) is 21.0 Å². The Morgan fingerprint density at radius 1 is 0.625 bits per heavy atom. The monoisotopic (exact) mass is 670 g/mol. The summed E-state index contributed by atoms with van der Waals surface area (Å²) in [6.07, 6.45) is 0. The third-order valence-corrected chi connectivity index (χ3v) is 8.54. The Kier molecular flexibility index (Phi) is 7.97. The summed E-state index contributed by atoms with van der Waals surface area (Å²) < 4.78 is 18.5. The lowest BCUT2D eigenvalue weighted by atomic mass is 9.96. The number of pyridine rings is 2. The number of nitrogens with zero attached hydrogens (tertiary/aromatic N) is 8. The number of aryl methyl sites for hydroxylation is 2. The van der Waals surface area contributed by atoms with Crippen LogP contribution >= 0.6 is 24.4 Å². The van der Waals surface area contributed by atoms with Crippen molar-refractivity contribution in [1.82, 2.24) is 28.4 Å². The molecule has 0 aliphatic heterocycles. The van der Waals surface area contributed by atoms with E-state index in [4.69, 9.17) is 44.7 Å². The molecule has 6 rings (SSSR count). The molecule has 0 aliphatic rings. The maximum Gasteiger partial charge on any atom is 0.193 e. The van der Waals surface area contributed by atoms with Crippen molar-refractivity contribution in [3.05, 3.63) is 91.3 Å². The number of hydrogen-bond donors (Lipinski definition) is 4. The highest BCUT2D eigenvalue weighted by Crippen LogP contribution is 2.37. The SMILES string of the molecule is Cn1c(=S)[nH]n2c(=N)c(C#N)c(-c3ccccc3OCCOc3ccccc3-c3c(C#N)c(=N)n4[nH]c(=S)n(C)c4c3C#N)c(C#N)c12. The Bertz CT molecular complexity index is 2560. The van der Waals surface area contributed by atoms with Crippen molar-refractivity contribution >= 4 is 35.7 Å². The predicted molar refractivity (Wildman–Crippen MR) is 176 cm³/mol. The van der Waals surface area contributed by atoms with Crippen molar-refractivity contribution in [2.24, 2.45) is 14.1 Å². The Balaban J connectivity index is 1.36. The highest BCUT2D eigenvalue weighted by Gasteiger charge is 2.25. The molecule has 14 nitrogen and oxygen atoms in total. The molecular weight excluding hydrogens is 649 g/mol. The number of para-hydroxylation sites is 2. The van der Waals surface area contributed by atoms with Crippen molar-refractivity contribution < 1.29 is 9.47 Å². The van der Waals surface area contributed by atoms with Gasteiger partial charge in [-0.15, -0.1) is 0 Å². The largest absolute Gasteiger partial charge is 0.489 e. The number of nitrogens with one attached hydrogen (secondary N) is 4. The summed E-state index contributed by atoms with van der Waals surface area (Å²) in [7, 11) is 3.33. The summed E-state index contributed by atoms with van der Waals surface area (Å²) in [5.74, 6) is 0.699. The molecule has 6 aromatic rings. The molecule has 0 saturated carbocycles. The third kappa shape index (κ3) is 4.73. The molecule has 4 N–H and O–H groups in total. The second-order valence-electron chi connectivity index (χ2n) is 10.4. The Hall–Kier alpha value is -6.72. The lowest BCUT2D eigenvalue weighted by Gasteiger charge is -2.17. The number of H-pyrrole nitrogens is 2. The van der Waals surface area contributed by atoms with E-state index in [1.165, 1.54) is 9.03 Å². The topological polar surface area (TPSA) is 212 Å². The van der Waals surface area contributed by atoms with E-state index in [0.29, 0.717) is 33.9 Å². The number of rotatable bonds is 7. The Labute approximate surface area is 281 Å². The van der Waals surface area contributed by atoms with Gasteiger partial charge in [0.05, 0.1) is 0 Å². The summed E-state index contributed by atoms with van der Waals surface area (Å²) >= 11 is 10.6. The molecule has 4 heterocycles. The fourth-order valence-corrected chi connectivity index (χ4v) is 5.98. The van der Waals surface area contributed by atoms with Crippen molar-refractivity contribution in [1.29, 1.82) is 31.9 Å². The smallest absolute Gasteiger partial charge is 0.193 e. The van der Waals surface area contributed by atoms with Crippen molar-refractivity contribution in [2.75, 3.05) is 13.2 Å². The van der Waals surface area contributed by atoms with Crippen LogP contribution in [0.1, 0.15) is 22.3 Å². The lowest BCUT2D eigenvalue weighted by Crippen LogP contribution is -2.21. The number of nitriles is 4. The van der Waals surface area contributed by atoms with Gasteiger partial charge in [-0.25, -0.2) is 9.03 Å². The van der Waals surface area contributed by atoms with Gasteiger partial charge < -0.3 is 18.6 Å².